The number of hydrogen-bond acceptors (Lipinski definition) is 5. The third-order valence-corrected chi connectivity index (χ3v) is 6.87. The number of aliphatic carboxylic acids is 1. The SMILES string of the molecule is CC(C)c1cccc(Oc2ccc(-c3c(/C=C/C(=O)O)c(C4CCCC4)n4ncnc(N)c34)cc2)c1. The van der Waals surface area contributed by atoms with E-state index in [4.69, 9.17) is 10.5 Å². The van der Waals surface area contributed by atoms with Crippen LogP contribution in [0, 0.1) is 0 Å². The molecule has 1 aliphatic rings. The van der Waals surface area contributed by atoms with Crippen LogP contribution >= 0.6 is 0 Å². The van der Waals surface area contributed by atoms with Crippen molar-refractivity contribution in [1.29, 1.82) is 0 Å². The van der Waals surface area contributed by atoms with Crippen molar-refractivity contribution in [2.75, 3.05) is 5.73 Å². The highest BCUT2D eigenvalue weighted by atomic mass is 16.5. The standard InChI is InChI=1S/C29H30N4O3/c1-18(2)21-8-5-9-23(16-21)36-22-12-10-19(11-13-22)26-24(14-15-25(34)35)27(20-6-3-4-7-20)33-28(26)29(30)31-17-32-33/h5,8-18,20H,3-4,6-7H2,1-2H3,(H,34,35)(H2,30,31,32)/b15-14+. The van der Waals surface area contributed by atoms with Gasteiger partial charge in [0.05, 0.1) is 5.69 Å². The van der Waals surface area contributed by atoms with E-state index in [0.717, 1.165) is 53.8 Å². The monoisotopic (exact) mass is 482 g/mol. The predicted octanol–water partition coefficient (Wildman–Crippen LogP) is 6.65. The number of benzene rings is 2. The molecule has 0 radical (unpaired) electrons. The van der Waals surface area contributed by atoms with Crippen molar-refractivity contribution >= 4 is 23.4 Å². The maximum Gasteiger partial charge on any atom is 0.328 e. The highest BCUT2D eigenvalue weighted by Gasteiger charge is 2.28. The van der Waals surface area contributed by atoms with Crippen LogP contribution in [0.3, 0.4) is 0 Å². The second kappa shape index (κ2) is 9.85. The van der Waals surface area contributed by atoms with E-state index < -0.39 is 5.97 Å². The molecule has 1 fully saturated rings. The minimum Gasteiger partial charge on any atom is -0.478 e. The molecular weight excluding hydrogens is 452 g/mol. The fourth-order valence-corrected chi connectivity index (χ4v) is 5.12. The van der Waals surface area contributed by atoms with Crippen molar-refractivity contribution in [2.24, 2.45) is 0 Å². The van der Waals surface area contributed by atoms with Crippen LogP contribution < -0.4 is 10.5 Å². The van der Waals surface area contributed by atoms with Gasteiger partial charge in [0.1, 0.15) is 23.3 Å². The number of nitrogens with zero attached hydrogens (tertiary/aromatic N) is 3. The van der Waals surface area contributed by atoms with Crippen LogP contribution in [0.15, 0.2) is 60.9 Å². The first-order chi connectivity index (χ1) is 17.4. The van der Waals surface area contributed by atoms with Crippen LogP contribution in [0.4, 0.5) is 5.82 Å². The van der Waals surface area contributed by atoms with Crippen molar-refractivity contribution in [2.45, 2.75) is 51.4 Å². The van der Waals surface area contributed by atoms with Gasteiger partial charge in [0, 0.05) is 23.1 Å². The Bertz CT molecular complexity index is 1430. The number of carbonyl (C=O) groups is 1. The predicted molar refractivity (Wildman–Crippen MR) is 141 cm³/mol. The van der Waals surface area contributed by atoms with Crippen LogP contribution in [0.5, 0.6) is 11.5 Å². The van der Waals surface area contributed by atoms with Crippen LogP contribution in [-0.2, 0) is 4.79 Å². The van der Waals surface area contributed by atoms with Crippen molar-refractivity contribution in [3.63, 3.8) is 0 Å². The second-order valence-electron chi connectivity index (χ2n) is 9.59. The third-order valence-electron chi connectivity index (χ3n) is 6.87. The summed E-state index contributed by atoms with van der Waals surface area (Å²) in [5.41, 5.74) is 11.8. The molecule has 5 rings (SSSR count). The van der Waals surface area contributed by atoms with Crippen molar-refractivity contribution < 1.29 is 14.6 Å². The Morgan fingerprint density at radius 1 is 1.14 bits per heavy atom. The highest BCUT2D eigenvalue weighted by Crippen LogP contribution is 2.44. The topological polar surface area (TPSA) is 103 Å². The molecule has 7 heteroatoms. The molecule has 1 aliphatic carbocycles. The van der Waals surface area contributed by atoms with Crippen molar-refractivity contribution in [3.8, 4) is 22.6 Å². The van der Waals surface area contributed by atoms with Gasteiger partial charge in [-0.1, -0.05) is 51.0 Å². The van der Waals surface area contributed by atoms with E-state index in [1.807, 2.05) is 40.9 Å². The normalized spacial score (nSPS) is 14.3. The zero-order valence-corrected chi connectivity index (χ0v) is 20.5. The number of rotatable bonds is 7. The summed E-state index contributed by atoms with van der Waals surface area (Å²) in [7, 11) is 0. The number of nitrogen functional groups attached to an aromatic ring is 1. The van der Waals surface area contributed by atoms with Gasteiger partial charge in [-0.15, -0.1) is 0 Å². The van der Waals surface area contributed by atoms with Crippen LogP contribution in [-0.4, -0.2) is 25.7 Å². The van der Waals surface area contributed by atoms with Crippen molar-refractivity contribution in [3.05, 3.63) is 77.8 Å². The lowest BCUT2D eigenvalue weighted by Gasteiger charge is -2.11. The van der Waals surface area contributed by atoms with Crippen LogP contribution in [0.25, 0.3) is 22.7 Å². The summed E-state index contributed by atoms with van der Waals surface area (Å²) in [5.74, 6) is 1.56. The number of carboxylic acid groups (broad SMARTS) is 1. The molecule has 7 nitrogen and oxygen atoms in total. The molecule has 3 N–H and O–H groups in total. The van der Waals surface area contributed by atoms with E-state index in [9.17, 15) is 9.90 Å². The zero-order valence-electron chi connectivity index (χ0n) is 20.5. The fourth-order valence-electron chi connectivity index (χ4n) is 5.12. The highest BCUT2D eigenvalue weighted by molar-refractivity contribution is 5.97. The minimum absolute atomic E-state index is 0.282. The number of fused-ring (bicyclic) bond motifs is 1. The lowest BCUT2D eigenvalue weighted by atomic mass is 9.94. The Morgan fingerprint density at radius 3 is 2.58 bits per heavy atom. The Balaban J connectivity index is 1.60. The fraction of sp³-hybridized carbons (Fsp3) is 0.276. The maximum absolute atomic E-state index is 11.5. The lowest BCUT2D eigenvalue weighted by Crippen LogP contribution is -2.05. The van der Waals surface area contributed by atoms with Crippen molar-refractivity contribution in [1.82, 2.24) is 14.6 Å². The minimum atomic E-state index is -1.000. The average molecular weight is 483 g/mol. The Morgan fingerprint density at radius 2 is 1.89 bits per heavy atom. The molecule has 2 aromatic heterocycles. The molecule has 0 bridgehead atoms. The summed E-state index contributed by atoms with van der Waals surface area (Å²) in [6.45, 7) is 4.31. The molecule has 1 saturated carbocycles. The molecule has 184 valence electrons. The molecular formula is C29H30N4O3. The Labute approximate surface area is 210 Å². The number of ether oxygens (including phenoxy) is 1. The van der Waals surface area contributed by atoms with E-state index in [1.54, 1.807) is 6.08 Å². The second-order valence-corrected chi connectivity index (χ2v) is 9.59. The van der Waals surface area contributed by atoms with Gasteiger partial charge >= 0.3 is 5.97 Å². The van der Waals surface area contributed by atoms with Gasteiger partial charge in [0.15, 0.2) is 5.82 Å². The molecule has 2 heterocycles. The Hall–Kier alpha value is -4.13. The van der Waals surface area contributed by atoms with E-state index in [2.05, 4.69) is 36.1 Å². The average Bonchev–Trinajstić information content (AvgIpc) is 3.50. The zero-order chi connectivity index (χ0) is 25.2. The van der Waals surface area contributed by atoms with E-state index in [0.29, 0.717) is 23.0 Å². The molecule has 0 amide bonds. The first-order valence-electron chi connectivity index (χ1n) is 12.4. The first kappa shape index (κ1) is 23.6. The number of anilines is 1. The largest absolute Gasteiger partial charge is 0.478 e. The smallest absolute Gasteiger partial charge is 0.328 e. The molecule has 0 spiro atoms. The molecule has 4 aromatic rings. The molecule has 36 heavy (non-hydrogen) atoms. The van der Waals surface area contributed by atoms with Gasteiger partial charge in [-0.3, -0.25) is 0 Å². The van der Waals surface area contributed by atoms with Gasteiger partial charge in [0.25, 0.3) is 0 Å². The number of aromatic nitrogens is 3. The summed E-state index contributed by atoms with van der Waals surface area (Å²) < 4.78 is 7.98. The number of hydrogen-bond donors (Lipinski definition) is 2. The summed E-state index contributed by atoms with van der Waals surface area (Å²) in [5, 5.41) is 13.9. The first-order valence-corrected chi connectivity index (χ1v) is 12.4. The third kappa shape index (κ3) is 4.56. The van der Waals surface area contributed by atoms with Gasteiger partial charge in [0.2, 0.25) is 0 Å². The molecule has 0 unspecified atom stereocenters. The van der Waals surface area contributed by atoms with Crippen LogP contribution in [0.1, 0.15) is 68.2 Å². The molecule has 2 aromatic carbocycles. The van der Waals surface area contributed by atoms with Gasteiger partial charge in [-0.05, 0) is 60.2 Å². The quantitative estimate of drug-likeness (QED) is 0.286. The lowest BCUT2D eigenvalue weighted by molar-refractivity contribution is -0.131. The summed E-state index contributed by atoms with van der Waals surface area (Å²) >= 11 is 0. The molecule has 0 aliphatic heterocycles. The van der Waals surface area contributed by atoms with E-state index in [-0.39, 0.29) is 5.92 Å². The summed E-state index contributed by atoms with van der Waals surface area (Å²) in [4.78, 5) is 15.7. The number of carboxylic acids is 1. The Kier molecular flexibility index (Phi) is 6.46. The molecule has 0 atom stereocenters. The summed E-state index contributed by atoms with van der Waals surface area (Å²) in [6.07, 6.45) is 8.65. The molecule has 0 saturated heterocycles. The van der Waals surface area contributed by atoms with Gasteiger partial charge < -0.3 is 15.6 Å². The van der Waals surface area contributed by atoms with Gasteiger partial charge in [-0.25, -0.2) is 14.3 Å². The maximum atomic E-state index is 11.5. The number of nitrogens with two attached hydrogens (primary N) is 1. The van der Waals surface area contributed by atoms with E-state index in [1.165, 1.54) is 18.0 Å². The van der Waals surface area contributed by atoms with Gasteiger partial charge in [-0.2, -0.15) is 5.10 Å². The summed E-state index contributed by atoms with van der Waals surface area (Å²) in [6, 6.07) is 15.9. The van der Waals surface area contributed by atoms with Crippen LogP contribution in [0.2, 0.25) is 0 Å². The van der Waals surface area contributed by atoms with E-state index >= 15 is 0 Å².